The fourth-order valence-corrected chi connectivity index (χ4v) is 3.73. The van der Waals surface area contributed by atoms with Crippen molar-refractivity contribution in [1.29, 1.82) is 0 Å². The summed E-state index contributed by atoms with van der Waals surface area (Å²) in [6, 6.07) is 12.1. The molecule has 4 heteroatoms. The smallest absolute Gasteiger partial charge is 0.115 e. The van der Waals surface area contributed by atoms with E-state index in [1.54, 1.807) is 12.1 Å². The molecule has 0 spiro atoms. The zero-order valence-corrected chi connectivity index (χ0v) is 13.6. The van der Waals surface area contributed by atoms with Gasteiger partial charge in [-0.1, -0.05) is 13.8 Å². The van der Waals surface area contributed by atoms with Crippen LogP contribution in [0.3, 0.4) is 0 Å². The van der Waals surface area contributed by atoms with Crippen LogP contribution in [-0.2, 0) is 0 Å². The van der Waals surface area contributed by atoms with Gasteiger partial charge in [0.2, 0.25) is 0 Å². The molecule has 0 aliphatic rings. The molecule has 0 saturated heterocycles. The Morgan fingerprint density at radius 2 is 1.91 bits per heavy atom. The first-order chi connectivity index (χ1) is 10.6. The zero-order chi connectivity index (χ0) is 15.5. The van der Waals surface area contributed by atoms with Crippen LogP contribution in [0.25, 0.3) is 10.4 Å². The first-order valence-electron chi connectivity index (χ1n) is 7.50. The lowest BCUT2D eigenvalue weighted by atomic mass is 10.0. The summed E-state index contributed by atoms with van der Waals surface area (Å²) in [5, 5.41) is 9.41. The summed E-state index contributed by atoms with van der Waals surface area (Å²) >= 11 is 1.81. The monoisotopic (exact) mass is 312 g/mol. The minimum atomic E-state index is 0.302. The molecule has 1 atom stereocenters. The van der Waals surface area contributed by atoms with Crippen LogP contribution in [-0.4, -0.2) is 14.7 Å². The van der Waals surface area contributed by atoms with E-state index in [0.29, 0.717) is 17.7 Å². The predicted octanol–water partition coefficient (Wildman–Crippen LogP) is 4.95. The van der Waals surface area contributed by atoms with Crippen molar-refractivity contribution in [2.24, 2.45) is 5.92 Å². The number of rotatable bonds is 5. The van der Waals surface area contributed by atoms with Crippen LogP contribution in [0.2, 0.25) is 0 Å². The van der Waals surface area contributed by atoms with E-state index >= 15 is 0 Å². The Labute approximate surface area is 134 Å². The third-order valence-corrected chi connectivity index (χ3v) is 4.92. The van der Waals surface area contributed by atoms with Crippen molar-refractivity contribution in [3.05, 3.63) is 60.0 Å². The molecule has 3 aromatic rings. The Morgan fingerprint density at radius 1 is 1.14 bits per heavy atom. The van der Waals surface area contributed by atoms with E-state index in [-0.39, 0.29) is 0 Å². The zero-order valence-electron chi connectivity index (χ0n) is 12.8. The summed E-state index contributed by atoms with van der Waals surface area (Å²) in [5.41, 5.74) is 1.14. The number of aromatic hydroxyl groups is 1. The van der Waals surface area contributed by atoms with Crippen LogP contribution in [0.1, 0.15) is 31.2 Å². The van der Waals surface area contributed by atoms with Gasteiger partial charge in [-0.3, -0.25) is 0 Å². The molecule has 3 nitrogen and oxygen atoms in total. The molecule has 0 radical (unpaired) electrons. The predicted molar refractivity (Wildman–Crippen MR) is 91.2 cm³/mol. The van der Waals surface area contributed by atoms with Gasteiger partial charge >= 0.3 is 0 Å². The molecule has 0 saturated carbocycles. The molecular weight excluding hydrogens is 292 g/mol. The van der Waals surface area contributed by atoms with Gasteiger partial charge in [0.25, 0.3) is 0 Å². The number of phenolic OH excluding ortho intramolecular Hbond substituents is 1. The van der Waals surface area contributed by atoms with Crippen molar-refractivity contribution in [3.8, 4) is 16.2 Å². The highest BCUT2D eigenvalue weighted by molar-refractivity contribution is 7.15. The minimum absolute atomic E-state index is 0.302. The summed E-state index contributed by atoms with van der Waals surface area (Å²) in [5.74, 6) is 0.920. The Kier molecular flexibility index (Phi) is 4.29. The number of aromatic nitrogens is 2. The minimum Gasteiger partial charge on any atom is -0.508 e. The number of hydrogen-bond acceptors (Lipinski definition) is 3. The molecule has 1 aromatic carbocycles. The maximum atomic E-state index is 9.41. The van der Waals surface area contributed by atoms with Crippen LogP contribution >= 0.6 is 11.3 Å². The van der Waals surface area contributed by atoms with Gasteiger partial charge in [0.1, 0.15) is 5.75 Å². The second-order valence-corrected chi connectivity index (χ2v) is 7.02. The number of phenols is 1. The molecule has 22 heavy (non-hydrogen) atoms. The summed E-state index contributed by atoms with van der Waals surface area (Å²) in [4.78, 5) is 6.76. The first kappa shape index (κ1) is 14.9. The van der Waals surface area contributed by atoms with Gasteiger partial charge in [-0.15, -0.1) is 11.3 Å². The highest BCUT2D eigenvalue weighted by Gasteiger charge is 2.17. The Balaban J connectivity index is 1.91. The summed E-state index contributed by atoms with van der Waals surface area (Å²) in [7, 11) is 0. The van der Waals surface area contributed by atoms with Crippen molar-refractivity contribution < 1.29 is 5.11 Å². The molecule has 0 aliphatic carbocycles. The van der Waals surface area contributed by atoms with Gasteiger partial charge in [0, 0.05) is 22.1 Å². The molecule has 0 amide bonds. The molecule has 0 aliphatic heterocycles. The Bertz CT molecular complexity index is 714. The van der Waals surface area contributed by atoms with Gasteiger partial charge in [-0.2, -0.15) is 0 Å². The van der Waals surface area contributed by atoms with Gasteiger partial charge in [-0.25, -0.2) is 4.98 Å². The van der Waals surface area contributed by atoms with Crippen molar-refractivity contribution in [3.63, 3.8) is 0 Å². The Hall–Kier alpha value is -2.07. The van der Waals surface area contributed by atoms with E-state index < -0.39 is 0 Å². The van der Waals surface area contributed by atoms with Crippen molar-refractivity contribution in [1.82, 2.24) is 9.55 Å². The van der Waals surface area contributed by atoms with Crippen LogP contribution in [0.15, 0.2) is 55.1 Å². The lowest BCUT2D eigenvalue weighted by molar-refractivity contribution is 0.456. The van der Waals surface area contributed by atoms with E-state index in [1.807, 2.05) is 42.2 Å². The largest absolute Gasteiger partial charge is 0.508 e. The van der Waals surface area contributed by atoms with E-state index in [0.717, 1.165) is 12.0 Å². The molecule has 1 N–H and O–H groups in total. The number of thiophene rings is 1. The third kappa shape index (κ3) is 3.22. The second-order valence-electron chi connectivity index (χ2n) is 5.90. The topological polar surface area (TPSA) is 38.0 Å². The SMILES string of the molecule is CC(C)CC(c1ccc(-c2ccc(O)cc2)s1)n1ccnc1. The van der Waals surface area contributed by atoms with Gasteiger partial charge in [0.15, 0.2) is 0 Å². The maximum absolute atomic E-state index is 9.41. The number of nitrogens with zero attached hydrogens (tertiary/aromatic N) is 2. The van der Waals surface area contributed by atoms with Gasteiger partial charge < -0.3 is 9.67 Å². The average molecular weight is 312 g/mol. The van der Waals surface area contributed by atoms with E-state index in [4.69, 9.17) is 0 Å². The fraction of sp³-hybridized carbons (Fsp3) is 0.278. The molecule has 2 heterocycles. The quantitative estimate of drug-likeness (QED) is 0.723. The second kappa shape index (κ2) is 6.36. The van der Waals surface area contributed by atoms with Crippen LogP contribution < -0.4 is 0 Å². The Morgan fingerprint density at radius 3 is 2.55 bits per heavy atom. The molecule has 1 unspecified atom stereocenters. The number of imidazole rings is 1. The van der Waals surface area contributed by atoms with E-state index in [9.17, 15) is 5.11 Å². The van der Waals surface area contributed by atoms with Gasteiger partial charge in [0.05, 0.1) is 12.4 Å². The molecule has 0 bridgehead atoms. The highest BCUT2D eigenvalue weighted by Crippen LogP contribution is 2.36. The van der Waals surface area contributed by atoms with Crippen LogP contribution in [0, 0.1) is 5.92 Å². The van der Waals surface area contributed by atoms with Crippen molar-refractivity contribution in [2.45, 2.75) is 26.3 Å². The standard InChI is InChI=1S/C18H20N2OS/c1-13(2)11-16(20-10-9-19-12-20)18-8-7-17(22-18)14-3-5-15(21)6-4-14/h3-10,12-13,16,21H,11H2,1-2H3. The summed E-state index contributed by atoms with van der Waals surface area (Å²) in [6.45, 7) is 4.50. The molecule has 3 rings (SSSR count). The molecule has 2 aromatic heterocycles. The van der Waals surface area contributed by atoms with Crippen LogP contribution in [0.5, 0.6) is 5.75 Å². The van der Waals surface area contributed by atoms with Gasteiger partial charge in [-0.05, 0) is 54.3 Å². The maximum Gasteiger partial charge on any atom is 0.115 e. The first-order valence-corrected chi connectivity index (χ1v) is 8.31. The van der Waals surface area contributed by atoms with Crippen molar-refractivity contribution >= 4 is 11.3 Å². The molecule has 114 valence electrons. The molecule has 0 fully saturated rings. The third-order valence-electron chi connectivity index (χ3n) is 3.69. The van der Waals surface area contributed by atoms with E-state index in [2.05, 4.69) is 35.5 Å². The van der Waals surface area contributed by atoms with Crippen LogP contribution in [0.4, 0.5) is 0 Å². The fourth-order valence-electron chi connectivity index (χ4n) is 2.60. The highest BCUT2D eigenvalue weighted by atomic mass is 32.1. The number of hydrogen-bond donors (Lipinski definition) is 1. The lowest BCUT2D eigenvalue weighted by Gasteiger charge is -2.19. The lowest BCUT2D eigenvalue weighted by Crippen LogP contribution is -2.10. The average Bonchev–Trinajstić information content (AvgIpc) is 3.17. The summed E-state index contributed by atoms with van der Waals surface area (Å²) < 4.78 is 2.19. The normalized spacial score (nSPS) is 12.7. The summed E-state index contributed by atoms with van der Waals surface area (Å²) in [6.07, 6.45) is 6.85. The van der Waals surface area contributed by atoms with Crippen molar-refractivity contribution in [2.75, 3.05) is 0 Å². The number of benzene rings is 1. The molecular formula is C18H20N2OS. The van der Waals surface area contributed by atoms with E-state index in [1.165, 1.54) is 9.75 Å².